The summed E-state index contributed by atoms with van der Waals surface area (Å²) >= 11 is 12.9. The number of fused-ring (bicyclic) bond motifs is 1. The molecule has 3 aromatic rings. The number of pyridine rings is 1. The molecule has 0 atom stereocenters. The van der Waals surface area contributed by atoms with Crippen molar-refractivity contribution >= 4 is 34.1 Å². The molecule has 5 heteroatoms. The first-order chi connectivity index (χ1) is 11.1. The average Bonchev–Trinajstić information content (AvgIpc) is 2.92. The number of nitrogens with two attached hydrogens (primary N) is 1. The van der Waals surface area contributed by atoms with Crippen molar-refractivity contribution in [3.63, 3.8) is 0 Å². The molecule has 0 aliphatic carbocycles. The van der Waals surface area contributed by atoms with Crippen molar-refractivity contribution in [3.8, 4) is 11.4 Å². The Labute approximate surface area is 145 Å². The van der Waals surface area contributed by atoms with Crippen molar-refractivity contribution in [1.29, 1.82) is 0 Å². The fourth-order valence-electron chi connectivity index (χ4n) is 2.93. The highest BCUT2D eigenvalue weighted by molar-refractivity contribution is 6.36. The number of rotatable bonds is 5. The number of unbranched alkanes of at least 4 members (excludes halogenated alkanes) is 1. The number of hydrogen-bond donors (Lipinski definition) is 2. The van der Waals surface area contributed by atoms with Gasteiger partial charge in [0.25, 0.3) is 0 Å². The molecule has 0 unspecified atom stereocenters. The Morgan fingerprint density at radius 3 is 2.70 bits per heavy atom. The topological polar surface area (TPSA) is 54.7 Å². The van der Waals surface area contributed by atoms with Gasteiger partial charge in [0.05, 0.1) is 21.3 Å². The highest BCUT2D eigenvalue weighted by Gasteiger charge is 2.19. The molecule has 0 saturated heterocycles. The van der Waals surface area contributed by atoms with E-state index in [2.05, 4.69) is 16.9 Å². The fraction of sp³-hybridized carbons (Fsp3) is 0.278. The molecular weight excluding hydrogens is 329 g/mol. The van der Waals surface area contributed by atoms with Gasteiger partial charge < -0.3 is 10.7 Å². The van der Waals surface area contributed by atoms with Gasteiger partial charge in [0.2, 0.25) is 0 Å². The maximum atomic E-state index is 6.49. The van der Waals surface area contributed by atoms with Crippen molar-refractivity contribution in [2.75, 3.05) is 6.54 Å². The van der Waals surface area contributed by atoms with Gasteiger partial charge in [-0.25, -0.2) is 0 Å². The summed E-state index contributed by atoms with van der Waals surface area (Å²) in [6.45, 7) is 2.76. The molecule has 0 bridgehead atoms. The zero-order valence-electron chi connectivity index (χ0n) is 13.0. The second-order valence-corrected chi connectivity index (χ2v) is 6.49. The van der Waals surface area contributed by atoms with Gasteiger partial charge in [-0.15, -0.1) is 0 Å². The molecule has 23 heavy (non-hydrogen) atoms. The number of halogens is 2. The Bertz CT molecular complexity index is 840. The SMILES string of the molecule is Cc1ccc(Cl)c2c(CCCCN)c(-c3ncccc3Cl)[nH]c12. The summed E-state index contributed by atoms with van der Waals surface area (Å²) in [4.78, 5) is 7.96. The largest absolute Gasteiger partial charge is 0.353 e. The van der Waals surface area contributed by atoms with Crippen LogP contribution < -0.4 is 5.73 Å². The van der Waals surface area contributed by atoms with E-state index in [4.69, 9.17) is 28.9 Å². The number of nitrogens with one attached hydrogen (secondary N) is 1. The highest BCUT2D eigenvalue weighted by Crippen LogP contribution is 2.38. The third-order valence-corrected chi connectivity index (χ3v) is 4.71. The molecular formula is C18H19Cl2N3. The molecule has 3 rings (SSSR count). The lowest BCUT2D eigenvalue weighted by Crippen LogP contribution is -1.99. The van der Waals surface area contributed by atoms with Gasteiger partial charge in [0.15, 0.2) is 0 Å². The zero-order valence-corrected chi connectivity index (χ0v) is 14.5. The highest BCUT2D eigenvalue weighted by atomic mass is 35.5. The minimum Gasteiger partial charge on any atom is -0.353 e. The molecule has 120 valence electrons. The molecule has 2 aromatic heterocycles. The van der Waals surface area contributed by atoms with Crippen LogP contribution >= 0.6 is 23.2 Å². The zero-order chi connectivity index (χ0) is 16.4. The Morgan fingerprint density at radius 2 is 1.96 bits per heavy atom. The molecule has 0 fully saturated rings. The summed E-state index contributed by atoms with van der Waals surface area (Å²) in [5.74, 6) is 0. The first kappa shape index (κ1) is 16.3. The number of benzene rings is 1. The average molecular weight is 348 g/mol. The van der Waals surface area contributed by atoms with Crippen LogP contribution in [0.15, 0.2) is 30.5 Å². The lowest BCUT2D eigenvalue weighted by atomic mass is 10.0. The van der Waals surface area contributed by atoms with Crippen LogP contribution in [0.25, 0.3) is 22.3 Å². The normalized spacial score (nSPS) is 11.3. The number of aromatic nitrogens is 2. The predicted octanol–water partition coefficient (Wildman–Crippen LogP) is 5.13. The molecule has 0 amide bonds. The van der Waals surface area contributed by atoms with Gasteiger partial charge in [-0.2, -0.15) is 0 Å². The summed E-state index contributed by atoms with van der Waals surface area (Å²) in [5, 5.41) is 2.45. The Kier molecular flexibility index (Phi) is 4.90. The van der Waals surface area contributed by atoms with Crippen LogP contribution in [0.4, 0.5) is 0 Å². The molecule has 0 aliphatic rings. The molecule has 0 radical (unpaired) electrons. The Balaban J connectivity index is 2.24. The Morgan fingerprint density at radius 1 is 1.13 bits per heavy atom. The molecule has 0 saturated carbocycles. The van der Waals surface area contributed by atoms with E-state index in [-0.39, 0.29) is 0 Å². The number of nitrogens with zero attached hydrogens (tertiary/aromatic N) is 1. The van der Waals surface area contributed by atoms with Gasteiger partial charge in [0.1, 0.15) is 5.69 Å². The smallest absolute Gasteiger partial charge is 0.105 e. The van der Waals surface area contributed by atoms with E-state index in [1.807, 2.05) is 24.3 Å². The lowest BCUT2D eigenvalue weighted by Gasteiger charge is -2.06. The van der Waals surface area contributed by atoms with Crippen molar-refractivity contribution in [2.45, 2.75) is 26.2 Å². The van der Waals surface area contributed by atoms with Crippen LogP contribution in [0.2, 0.25) is 10.0 Å². The summed E-state index contributed by atoms with van der Waals surface area (Å²) in [7, 11) is 0. The van der Waals surface area contributed by atoms with Crippen LogP contribution in [0.3, 0.4) is 0 Å². The van der Waals surface area contributed by atoms with Gasteiger partial charge in [0, 0.05) is 11.6 Å². The van der Waals surface area contributed by atoms with E-state index in [0.717, 1.165) is 52.1 Å². The standard InChI is InChI=1S/C18H19Cl2N3/c1-11-7-8-13(19)15-12(5-2-3-9-21)17(23-16(11)15)18-14(20)6-4-10-22-18/h4,6-8,10,23H,2-3,5,9,21H2,1H3. The van der Waals surface area contributed by atoms with Crippen LogP contribution in [0.5, 0.6) is 0 Å². The maximum Gasteiger partial charge on any atom is 0.105 e. The summed E-state index contributed by atoms with van der Waals surface area (Å²) < 4.78 is 0. The summed E-state index contributed by atoms with van der Waals surface area (Å²) in [5.41, 5.74) is 10.7. The third-order valence-electron chi connectivity index (χ3n) is 4.09. The molecule has 1 aromatic carbocycles. The quantitative estimate of drug-likeness (QED) is 0.628. The van der Waals surface area contributed by atoms with Gasteiger partial charge in [-0.1, -0.05) is 29.3 Å². The van der Waals surface area contributed by atoms with E-state index in [1.165, 1.54) is 5.56 Å². The third kappa shape index (κ3) is 3.09. The minimum absolute atomic E-state index is 0.632. The van der Waals surface area contributed by atoms with Crippen molar-refractivity contribution in [1.82, 2.24) is 9.97 Å². The van der Waals surface area contributed by atoms with E-state index < -0.39 is 0 Å². The first-order valence-electron chi connectivity index (χ1n) is 7.74. The van der Waals surface area contributed by atoms with Crippen LogP contribution in [-0.4, -0.2) is 16.5 Å². The predicted molar refractivity (Wildman–Crippen MR) is 98.3 cm³/mol. The molecule has 0 aliphatic heterocycles. The second kappa shape index (κ2) is 6.91. The minimum atomic E-state index is 0.632. The lowest BCUT2D eigenvalue weighted by molar-refractivity contribution is 0.748. The molecule has 3 nitrogen and oxygen atoms in total. The Hall–Kier alpha value is -1.55. The number of hydrogen-bond acceptors (Lipinski definition) is 2. The first-order valence-corrected chi connectivity index (χ1v) is 8.49. The summed E-state index contributed by atoms with van der Waals surface area (Å²) in [6.07, 6.45) is 4.63. The van der Waals surface area contributed by atoms with Crippen molar-refractivity contribution < 1.29 is 0 Å². The number of aromatic amines is 1. The second-order valence-electron chi connectivity index (χ2n) is 5.67. The number of aryl methyl sites for hydroxylation is 2. The number of H-pyrrole nitrogens is 1. The fourth-order valence-corrected chi connectivity index (χ4v) is 3.42. The molecule has 0 spiro atoms. The van der Waals surface area contributed by atoms with Crippen LogP contribution in [-0.2, 0) is 6.42 Å². The van der Waals surface area contributed by atoms with E-state index in [0.29, 0.717) is 11.6 Å². The summed E-state index contributed by atoms with van der Waals surface area (Å²) in [6, 6.07) is 7.66. The molecule has 3 N–H and O–H groups in total. The van der Waals surface area contributed by atoms with Crippen molar-refractivity contribution in [2.24, 2.45) is 5.73 Å². The van der Waals surface area contributed by atoms with Gasteiger partial charge in [-0.3, -0.25) is 4.98 Å². The monoisotopic (exact) mass is 347 g/mol. The van der Waals surface area contributed by atoms with Crippen LogP contribution in [0, 0.1) is 6.92 Å². The van der Waals surface area contributed by atoms with Gasteiger partial charge >= 0.3 is 0 Å². The van der Waals surface area contributed by atoms with Crippen molar-refractivity contribution in [3.05, 3.63) is 51.6 Å². The maximum absolute atomic E-state index is 6.49. The molecule has 2 heterocycles. The van der Waals surface area contributed by atoms with Gasteiger partial charge in [-0.05, 0) is 62.1 Å². The van der Waals surface area contributed by atoms with Crippen LogP contribution in [0.1, 0.15) is 24.0 Å². The van der Waals surface area contributed by atoms with E-state index in [9.17, 15) is 0 Å². The van der Waals surface area contributed by atoms with E-state index >= 15 is 0 Å². The van der Waals surface area contributed by atoms with E-state index in [1.54, 1.807) is 6.20 Å².